The number of alkyl halides is 3. The monoisotopic (exact) mass is 385 g/mol. The summed E-state index contributed by atoms with van der Waals surface area (Å²) in [7, 11) is 1.82. The fraction of sp³-hybridized carbons (Fsp3) is 0.316. The van der Waals surface area contributed by atoms with Crippen molar-refractivity contribution in [1.82, 2.24) is 5.32 Å². The molecular formula is C19H21ClF3N2O+. The van der Waals surface area contributed by atoms with Gasteiger partial charge in [0.15, 0.2) is 6.54 Å². The van der Waals surface area contributed by atoms with Crippen molar-refractivity contribution >= 4 is 17.5 Å². The normalized spacial score (nSPS) is 13.9. The van der Waals surface area contributed by atoms with Crippen LogP contribution in [-0.4, -0.2) is 19.5 Å². The molecule has 1 amide bonds. The summed E-state index contributed by atoms with van der Waals surface area (Å²) in [5, 5.41) is 3.51. The van der Waals surface area contributed by atoms with Crippen molar-refractivity contribution in [2.24, 2.45) is 0 Å². The van der Waals surface area contributed by atoms with Gasteiger partial charge in [-0.3, -0.25) is 4.79 Å². The summed E-state index contributed by atoms with van der Waals surface area (Å²) in [5.41, 5.74) is 0.976. The van der Waals surface area contributed by atoms with Gasteiger partial charge in [-0.05, 0) is 36.8 Å². The Hall–Kier alpha value is -2.05. The van der Waals surface area contributed by atoms with Gasteiger partial charge in [-0.2, -0.15) is 13.2 Å². The molecule has 2 atom stereocenters. The lowest BCUT2D eigenvalue weighted by molar-refractivity contribution is -0.885. The van der Waals surface area contributed by atoms with Crippen molar-refractivity contribution in [3.8, 4) is 0 Å². The van der Waals surface area contributed by atoms with E-state index in [1.807, 2.05) is 26.1 Å². The molecule has 0 radical (unpaired) electrons. The Labute approximate surface area is 155 Å². The van der Waals surface area contributed by atoms with Crippen molar-refractivity contribution in [1.29, 1.82) is 0 Å². The number of carbonyl (C=O) groups excluding carboxylic acids is 1. The van der Waals surface area contributed by atoms with Gasteiger partial charge >= 0.3 is 6.18 Å². The first-order valence-corrected chi connectivity index (χ1v) is 8.55. The van der Waals surface area contributed by atoms with Gasteiger partial charge in [0.05, 0.1) is 18.7 Å². The maximum Gasteiger partial charge on any atom is 0.416 e. The van der Waals surface area contributed by atoms with Crippen LogP contribution in [-0.2, 0) is 17.5 Å². The van der Waals surface area contributed by atoms with Gasteiger partial charge in [0.25, 0.3) is 5.91 Å². The molecule has 2 aromatic carbocycles. The van der Waals surface area contributed by atoms with Crippen molar-refractivity contribution in [3.63, 3.8) is 0 Å². The number of rotatable bonds is 6. The molecule has 2 rings (SSSR count). The van der Waals surface area contributed by atoms with Gasteiger partial charge in [0.1, 0.15) is 6.54 Å². The Bertz CT molecular complexity index is 747. The molecule has 0 aliphatic rings. The molecule has 26 heavy (non-hydrogen) atoms. The lowest BCUT2D eigenvalue weighted by atomic mass is 10.1. The number of hydrogen-bond acceptors (Lipinski definition) is 1. The predicted molar refractivity (Wildman–Crippen MR) is 94.9 cm³/mol. The highest BCUT2D eigenvalue weighted by Crippen LogP contribution is 2.28. The van der Waals surface area contributed by atoms with E-state index in [4.69, 9.17) is 11.6 Å². The summed E-state index contributed by atoms with van der Waals surface area (Å²) in [5.74, 6) is -0.137. The smallest absolute Gasteiger partial charge is 0.345 e. The van der Waals surface area contributed by atoms with Gasteiger partial charge in [0.2, 0.25) is 0 Å². The van der Waals surface area contributed by atoms with E-state index in [9.17, 15) is 18.0 Å². The van der Waals surface area contributed by atoms with Crippen LogP contribution < -0.4 is 10.2 Å². The highest BCUT2D eigenvalue weighted by molar-refractivity contribution is 6.30. The van der Waals surface area contributed by atoms with E-state index in [0.717, 1.165) is 28.2 Å². The fourth-order valence-corrected chi connectivity index (χ4v) is 2.85. The van der Waals surface area contributed by atoms with Crippen molar-refractivity contribution in [2.75, 3.05) is 13.6 Å². The third kappa shape index (κ3) is 6.04. The van der Waals surface area contributed by atoms with Gasteiger partial charge in [-0.25, -0.2) is 0 Å². The zero-order valence-corrected chi connectivity index (χ0v) is 15.3. The SMILES string of the molecule is C[C@@H](NC(=O)C[NH+](C)Cc1ccc(C(F)(F)F)cc1)c1cccc(Cl)c1. The van der Waals surface area contributed by atoms with Crippen molar-refractivity contribution in [2.45, 2.75) is 25.7 Å². The first kappa shape index (κ1) is 20.3. The predicted octanol–water partition coefficient (Wildman–Crippen LogP) is 3.25. The summed E-state index contributed by atoms with van der Waals surface area (Å²) in [4.78, 5) is 13.1. The van der Waals surface area contributed by atoms with Crippen LogP contribution in [0.1, 0.15) is 29.7 Å². The van der Waals surface area contributed by atoms with E-state index < -0.39 is 11.7 Å². The van der Waals surface area contributed by atoms with Crippen molar-refractivity contribution < 1.29 is 22.9 Å². The second kappa shape index (κ2) is 8.56. The summed E-state index contributed by atoms with van der Waals surface area (Å²) in [6.07, 6.45) is -4.34. The minimum Gasteiger partial charge on any atom is -0.345 e. The minimum atomic E-state index is -4.34. The Kier molecular flexibility index (Phi) is 6.67. The topological polar surface area (TPSA) is 33.5 Å². The van der Waals surface area contributed by atoms with E-state index in [2.05, 4.69) is 5.32 Å². The number of amides is 1. The van der Waals surface area contributed by atoms with Crippen LogP contribution in [0.5, 0.6) is 0 Å². The molecule has 0 fully saturated rings. The highest BCUT2D eigenvalue weighted by atomic mass is 35.5. The van der Waals surface area contributed by atoms with E-state index in [0.29, 0.717) is 11.6 Å². The zero-order chi connectivity index (χ0) is 19.3. The first-order chi connectivity index (χ1) is 12.1. The third-order valence-corrected chi connectivity index (χ3v) is 4.21. The van der Waals surface area contributed by atoms with E-state index in [1.54, 1.807) is 12.1 Å². The Balaban J connectivity index is 1.87. The standard InChI is InChI=1S/C19H20ClF3N2O/c1-13(15-4-3-5-17(20)10-15)24-18(26)12-25(2)11-14-6-8-16(9-7-14)19(21,22)23/h3-10,13H,11-12H2,1-2H3,(H,24,26)/p+1/t13-/m1/s1. The summed E-state index contributed by atoms with van der Waals surface area (Å²) in [6.45, 7) is 2.54. The van der Waals surface area contributed by atoms with Crippen LogP contribution in [0, 0.1) is 0 Å². The van der Waals surface area contributed by atoms with Gasteiger partial charge in [0, 0.05) is 10.6 Å². The average molecular weight is 386 g/mol. The molecule has 7 heteroatoms. The summed E-state index contributed by atoms with van der Waals surface area (Å²) < 4.78 is 37.7. The molecule has 140 valence electrons. The fourth-order valence-electron chi connectivity index (χ4n) is 2.65. The van der Waals surface area contributed by atoms with Gasteiger partial charge in [-0.1, -0.05) is 35.9 Å². The number of halogens is 4. The van der Waals surface area contributed by atoms with Crippen LogP contribution >= 0.6 is 11.6 Å². The maximum absolute atomic E-state index is 12.6. The Morgan fingerprint density at radius 1 is 1.19 bits per heavy atom. The molecular weight excluding hydrogens is 365 g/mol. The number of hydrogen-bond donors (Lipinski definition) is 2. The van der Waals surface area contributed by atoms with Gasteiger partial charge < -0.3 is 10.2 Å². The Morgan fingerprint density at radius 2 is 1.85 bits per heavy atom. The van der Waals surface area contributed by atoms with E-state index in [-0.39, 0.29) is 18.5 Å². The molecule has 0 aromatic heterocycles. The number of likely N-dealkylation sites (N-methyl/N-ethyl adjacent to an activating group) is 1. The second-order valence-corrected chi connectivity index (χ2v) is 6.79. The maximum atomic E-state index is 12.6. The van der Waals surface area contributed by atoms with E-state index in [1.165, 1.54) is 12.1 Å². The number of benzene rings is 2. The molecule has 0 heterocycles. The van der Waals surface area contributed by atoms with Crippen LogP contribution in [0.15, 0.2) is 48.5 Å². The molecule has 1 unspecified atom stereocenters. The lowest BCUT2D eigenvalue weighted by Gasteiger charge is -2.18. The number of nitrogens with one attached hydrogen (secondary N) is 2. The molecule has 0 bridgehead atoms. The molecule has 0 spiro atoms. The van der Waals surface area contributed by atoms with Crippen LogP contribution in [0.3, 0.4) is 0 Å². The van der Waals surface area contributed by atoms with Crippen LogP contribution in [0.4, 0.5) is 13.2 Å². The molecule has 3 nitrogen and oxygen atoms in total. The zero-order valence-electron chi connectivity index (χ0n) is 14.5. The quantitative estimate of drug-likeness (QED) is 0.786. The summed E-state index contributed by atoms with van der Waals surface area (Å²) in [6, 6.07) is 12.1. The Morgan fingerprint density at radius 3 is 2.42 bits per heavy atom. The largest absolute Gasteiger partial charge is 0.416 e. The van der Waals surface area contributed by atoms with Gasteiger partial charge in [-0.15, -0.1) is 0 Å². The average Bonchev–Trinajstić information content (AvgIpc) is 2.54. The van der Waals surface area contributed by atoms with Crippen molar-refractivity contribution in [3.05, 3.63) is 70.2 Å². The van der Waals surface area contributed by atoms with Crippen LogP contribution in [0.2, 0.25) is 5.02 Å². The lowest BCUT2D eigenvalue weighted by Crippen LogP contribution is -3.08. The molecule has 0 saturated heterocycles. The molecule has 2 aromatic rings. The first-order valence-electron chi connectivity index (χ1n) is 8.17. The minimum absolute atomic E-state index is 0.137. The third-order valence-electron chi connectivity index (χ3n) is 3.98. The van der Waals surface area contributed by atoms with Crippen LogP contribution in [0.25, 0.3) is 0 Å². The van der Waals surface area contributed by atoms with E-state index >= 15 is 0 Å². The summed E-state index contributed by atoms with van der Waals surface area (Å²) >= 11 is 5.95. The molecule has 2 N–H and O–H groups in total. The number of carbonyl (C=O) groups is 1. The molecule has 0 aliphatic heterocycles. The molecule has 0 saturated carbocycles. The second-order valence-electron chi connectivity index (χ2n) is 6.35. The number of quaternary nitrogens is 1. The highest BCUT2D eigenvalue weighted by Gasteiger charge is 2.30. The molecule has 0 aliphatic carbocycles.